The normalized spacial score (nSPS) is 21.8. The van der Waals surface area contributed by atoms with Gasteiger partial charge in [-0.05, 0) is 43.4 Å². The fraction of sp³-hybridized carbons (Fsp3) is 0.533. The van der Waals surface area contributed by atoms with E-state index >= 15 is 0 Å². The molecule has 0 spiro atoms. The standard InChI is InChI=1S/C15H19F2NO3/c16-11-5-10(6-12(17)7-11)15(9-18,14(19)20)8-13-3-1-2-4-21-13/h5-7,13H,1-4,8-9,18H2,(H,19,20). The van der Waals surface area contributed by atoms with Crippen molar-refractivity contribution >= 4 is 5.97 Å². The van der Waals surface area contributed by atoms with Gasteiger partial charge < -0.3 is 15.6 Å². The lowest BCUT2D eigenvalue weighted by Crippen LogP contribution is -2.46. The first-order valence-corrected chi connectivity index (χ1v) is 6.99. The number of ether oxygens (including phenoxy) is 1. The molecule has 21 heavy (non-hydrogen) atoms. The van der Waals surface area contributed by atoms with Crippen LogP contribution in [0.25, 0.3) is 0 Å². The number of halogens is 2. The van der Waals surface area contributed by atoms with Crippen LogP contribution < -0.4 is 5.73 Å². The third-order valence-corrected chi connectivity index (χ3v) is 4.02. The van der Waals surface area contributed by atoms with Crippen molar-refractivity contribution in [1.29, 1.82) is 0 Å². The van der Waals surface area contributed by atoms with Gasteiger partial charge in [0.25, 0.3) is 0 Å². The Labute approximate surface area is 121 Å². The number of rotatable bonds is 5. The van der Waals surface area contributed by atoms with Crippen LogP contribution >= 0.6 is 0 Å². The second-order valence-corrected chi connectivity index (χ2v) is 5.44. The number of carboxylic acids is 1. The predicted octanol–water partition coefficient (Wildman–Crippen LogP) is 2.21. The molecule has 3 N–H and O–H groups in total. The van der Waals surface area contributed by atoms with Crippen LogP contribution in [-0.2, 0) is 14.9 Å². The molecule has 0 amide bonds. The van der Waals surface area contributed by atoms with Gasteiger partial charge in [-0.1, -0.05) is 0 Å². The topological polar surface area (TPSA) is 72.5 Å². The van der Waals surface area contributed by atoms with Gasteiger partial charge in [0.1, 0.15) is 17.0 Å². The largest absolute Gasteiger partial charge is 0.481 e. The van der Waals surface area contributed by atoms with E-state index in [9.17, 15) is 18.7 Å². The molecular weight excluding hydrogens is 280 g/mol. The van der Waals surface area contributed by atoms with E-state index in [-0.39, 0.29) is 24.6 Å². The van der Waals surface area contributed by atoms with Crippen LogP contribution in [0.15, 0.2) is 18.2 Å². The SMILES string of the molecule is NCC(CC1CCCCO1)(C(=O)O)c1cc(F)cc(F)c1. The summed E-state index contributed by atoms with van der Waals surface area (Å²) in [5.41, 5.74) is 4.19. The Morgan fingerprint density at radius 1 is 1.33 bits per heavy atom. The molecule has 2 rings (SSSR count). The predicted molar refractivity (Wildman–Crippen MR) is 72.9 cm³/mol. The molecule has 1 heterocycles. The van der Waals surface area contributed by atoms with E-state index in [4.69, 9.17) is 10.5 Å². The summed E-state index contributed by atoms with van der Waals surface area (Å²) in [5.74, 6) is -2.81. The molecule has 116 valence electrons. The van der Waals surface area contributed by atoms with E-state index in [0.29, 0.717) is 12.7 Å². The number of hydrogen-bond acceptors (Lipinski definition) is 3. The van der Waals surface area contributed by atoms with Gasteiger partial charge in [-0.15, -0.1) is 0 Å². The Bertz CT molecular complexity index is 497. The summed E-state index contributed by atoms with van der Waals surface area (Å²) < 4.78 is 32.4. The average Bonchev–Trinajstić information content (AvgIpc) is 2.44. The van der Waals surface area contributed by atoms with Crippen LogP contribution in [0.1, 0.15) is 31.2 Å². The van der Waals surface area contributed by atoms with E-state index < -0.39 is 23.0 Å². The molecule has 4 nitrogen and oxygen atoms in total. The highest BCUT2D eigenvalue weighted by Gasteiger charge is 2.42. The first kappa shape index (κ1) is 15.9. The van der Waals surface area contributed by atoms with Crippen molar-refractivity contribution in [2.45, 2.75) is 37.2 Å². The minimum Gasteiger partial charge on any atom is -0.481 e. The molecule has 0 bridgehead atoms. The number of aliphatic carboxylic acids is 1. The second-order valence-electron chi connectivity index (χ2n) is 5.44. The monoisotopic (exact) mass is 299 g/mol. The molecule has 2 atom stereocenters. The van der Waals surface area contributed by atoms with Crippen molar-refractivity contribution in [3.8, 4) is 0 Å². The van der Waals surface area contributed by atoms with Crippen molar-refractivity contribution in [3.05, 3.63) is 35.4 Å². The number of hydrogen-bond donors (Lipinski definition) is 2. The summed E-state index contributed by atoms with van der Waals surface area (Å²) in [6.45, 7) is 0.327. The van der Waals surface area contributed by atoms with Crippen molar-refractivity contribution in [3.63, 3.8) is 0 Å². The summed E-state index contributed by atoms with van der Waals surface area (Å²) in [4.78, 5) is 11.8. The van der Waals surface area contributed by atoms with Gasteiger partial charge in [0.2, 0.25) is 0 Å². The van der Waals surface area contributed by atoms with Crippen molar-refractivity contribution in [1.82, 2.24) is 0 Å². The highest BCUT2D eigenvalue weighted by atomic mass is 19.1. The number of nitrogens with two attached hydrogens (primary N) is 1. The van der Waals surface area contributed by atoms with Gasteiger partial charge in [-0.3, -0.25) is 4.79 Å². The Morgan fingerprint density at radius 2 is 2.00 bits per heavy atom. The van der Waals surface area contributed by atoms with E-state index in [1.165, 1.54) is 0 Å². The maximum absolute atomic E-state index is 13.4. The van der Waals surface area contributed by atoms with E-state index in [0.717, 1.165) is 31.4 Å². The average molecular weight is 299 g/mol. The Hall–Kier alpha value is -1.53. The minimum atomic E-state index is -1.54. The van der Waals surface area contributed by atoms with Gasteiger partial charge >= 0.3 is 5.97 Å². The van der Waals surface area contributed by atoms with Gasteiger partial charge in [0.15, 0.2) is 0 Å². The van der Waals surface area contributed by atoms with Gasteiger partial charge in [0, 0.05) is 19.2 Å². The molecule has 6 heteroatoms. The molecule has 1 aromatic rings. The smallest absolute Gasteiger partial charge is 0.315 e. The lowest BCUT2D eigenvalue weighted by Gasteiger charge is -2.34. The van der Waals surface area contributed by atoms with Crippen LogP contribution in [0.2, 0.25) is 0 Å². The minimum absolute atomic E-state index is 0.0455. The summed E-state index contributed by atoms with van der Waals surface area (Å²) in [7, 11) is 0. The van der Waals surface area contributed by atoms with Crippen molar-refractivity contribution < 1.29 is 23.4 Å². The van der Waals surface area contributed by atoms with Crippen LogP contribution in [0.4, 0.5) is 8.78 Å². The maximum Gasteiger partial charge on any atom is 0.315 e. The molecule has 1 aliphatic heterocycles. The van der Waals surface area contributed by atoms with Gasteiger partial charge in [-0.25, -0.2) is 8.78 Å². The Balaban J connectivity index is 2.37. The zero-order valence-corrected chi connectivity index (χ0v) is 11.6. The molecule has 0 aliphatic carbocycles. The molecule has 1 saturated heterocycles. The summed E-state index contributed by atoms with van der Waals surface area (Å²) in [6.07, 6.45) is 2.47. The zero-order chi connectivity index (χ0) is 15.5. The molecule has 0 radical (unpaired) electrons. The molecule has 0 aromatic heterocycles. The Kier molecular flexibility index (Phi) is 4.90. The first-order chi connectivity index (χ1) is 9.98. The van der Waals surface area contributed by atoms with Crippen molar-refractivity contribution in [2.75, 3.05) is 13.2 Å². The van der Waals surface area contributed by atoms with Crippen LogP contribution in [0.5, 0.6) is 0 Å². The third kappa shape index (κ3) is 3.39. The highest BCUT2D eigenvalue weighted by molar-refractivity contribution is 5.82. The Morgan fingerprint density at radius 3 is 2.48 bits per heavy atom. The summed E-state index contributed by atoms with van der Waals surface area (Å²) >= 11 is 0. The van der Waals surface area contributed by atoms with Crippen LogP contribution in [-0.4, -0.2) is 30.3 Å². The molecule has 1 fully saturated rings. The molecule has 1 aromatic carbocycles. The number of carboxylic acid groups (broad SMARTS) is 1. The van der Waals surface area contributed by atoms with Crippen molar-refractivity contribution in [2.24, 2.45) is 5.73 Å². The van der Waals surface area contributed by atoms with Gasteiger partial charge in [-0.2, -0.15) is 0 Å². The first-order valence-electron chi connectivity index (χ1n) is 6.99. The van der Waals surface area contributed by atoms with E-state index in [2.05, 4.69) is 0 Å². The fourth-order valence-corrected chi connectivity index (χ4v) is 2.80. The maximum atomic E-state index is 13.4. The lowest BCUT2D eigenvalue weighted by atomic mass is 9.75. The van der Waals surface area contributed by atoms with E-state index in [1.807, 2.05) is 0 Å². The zero-order valence-electron chi connectivity index (χ0n) is 11.6. The highest BCUT2D eigenvalue weighted by Crippen LogP contribution is 2.33. The summed E-state index contributed by atoms with van der Waals surface area (Å²) in [5, 5.41) is 9.61. The molecule has 2 unspecified atom stereocenters. The van der Waals surface area contributed by atoms with Crippen LogP contribution in [0.3, 0.4) is 0 Å². The third-order valence-electron chi connectivity index (χ3n) is 4.02. The molecule has 0 saturated carbocycles. The summed E-state index contributed by atoms with van der Waals surface area (Å²) in [6, 6.07) is 2.78. The second kappa shape index (κ2) is 6.49. The quantitative estimate of drug-likeness (QED) is 0.874. The molecule has 1 aliphatic rings. The van der Waals surface area contributed by atoms with Crippen LogP contribution in [0, 0.1) is 11.6 Å². The fourth-order valence-electron chi connectivity index (χ4n) is 2.80. The number of carbonyl (C=O) groups is 1. The number of benzene rings is 1. The van der Waals surface area contributed by atoms with E-state index in [1.54, 1.807) is 0 Å². The van der Waals surface area contributed by atoms with Gasteiger partial charge in [0.05, 0.1) is 6.10 Å². The lowest BCUT2D eigenvalue weighted by molar-refractivity contribution is -0.145. The molecular formula is C15H19F2NO3.